The fourth-order valence-corrected chi connectivity index (χ4v) is 2.16. The maximum absolute atomic E-state index is 12.2. The smallest absolute Gasteiger partial charge is 0.352 e. The van der Waals surface area contributed by atoms with Gasteiger partial charge in [-0.05, 0) is 37.5 Å². The zero-order chi connectivity index (χ0) is 13.4. The van der Waals surface area contributed by atoms with Crippen LogP contribution in [0.3, 0.4) is 0 Å². The molecule has 0 aliphatic carbocycles. The van der Waals surface area contributed by atoms with Crippen LogP contribution in [0.4, 0.5) is 0 Å². The lowest BCUT2D eigenvalue weighted by Gasteiger charge is -2.09. The molecule has 0 saturated heterocycles. The third kappa shape index (κ3) is 1.79. The lowest BCUT2D eigenvalue weighted by atomic mass is 10.0. The predicted octanol–water partition coefficient (Wildman–Crippen LogP) is 2.41. The van der Waals surface area contributed by atoms with Gasteiger partial charge in [0.05, 0.1) is 5.52 Å². The number of aryl methyl sites for hydroxylation is 2. The fraction of sp³-hybridized carbons (Fsp3) is 0.286. The molecule has 18 heavy (non-hydrogen) atoms. The number of carboxylic acid groups (broad SMARTS) is 1. The SMILES string of the molecule is CCc1cc(C)c2[nH]c(C(=O)O)c(C)c(=O)c2c1. The average molecular weight is 245 g/mol. The van der Waals surface area contributed by atoms with Crippen LogP contribution >= 0.6 is 0 Å². The Bertz CT molecular complexity index is 698. The summed E-state index contributed by atoms with van der Waals surface area (Å²) in [7, 11) is 0. The van der Waals surface area contributed by atoms with Gasteiger partial charge in [-0.15, -0.1) is 0 Å². The van der Waals surface area contributed by atoms with Crippen molar-refractivity contribution in [3.63, 3.8) is 0 Å². The summed E-state index contributed by atoms with van der Waals surface area (Å²) in [5.41, 5.74) is 2.60. The van der Waals surface area contributed by atoms with E-state index >= 15 is 0 Å². The molecule has 0 fully saturated rings. The van der Waals surface area contributed by atoms with Crippen LogP contribution in [-0.2, 0) is 6.42 Å². The number of benzene rings is 1. The highest BCUT2D eigenvalue weighted by Crippen LogP contribution is 2.18. The third-order valence-electron chi connectivity index (χ3n) is 3.23. The number of pyridine rings is 1. The van der Waals surface area contributed by atoms with E-state index in [4.69, 9.17) is 5.11 Å². The summed E-state index contributed by atoms with van der Waals surface area (Å²) in [4.78, 5) is 26.1. The van der Waals surface area contributed by atoms with E-state index in [1.807, 2.05) is 26.0 Å². The molecule has 0 aliphatic heterocycles. The number of hydrogen-bond donors (Lipinski definition) is 2. The summed E-state index contributed by atoms with van der Waals surface area (Å²) < 4.78 is 0. The molecule has 0 aliphatic rings. The number of fused-ring (bicyclic) bond motifs is 1. The topological polar surface area (TPSA) is 70.2 Å². The quantitative estimate of drug-likeness (QED) is 0.853. The van der Waals surface area contributed by atoms with Crippen LogP contribution in [-0.4, -0.2) is 16.1 Å². The van der Waals surface area contributed by atoms with Gasteiger partial charge in [0.15, 0.2) is 5.43 Å². The van der Waals surface area contributed by atoms with Gasteiger partial charge in [-0.1, -0.05) is 13.0 Å². The minimum Gasteiger partial charge on any atom is -0.477 e. The van der Waals surface area contributed by atoms with Crippen molar-refractivity contribution in [3.05, 3.63) is 44.7 Å². The number of rotatable bonds is 2. The lowest BCUT2D eigenvalue weighted by Crippen LogP contribution is -2.16. The van der Waals surface area contributed by atoms with Crippen LogP contribution < -0.4 is 5.43 Å². The van der Waals surface area contributed by atoms with Crippen LogP contribution in [0.2, 0.25) is 0 Å². The maximum Gasteiger partial charge on any atom is 0.352 e. The number of hydrogen-bond acceptors (Lipinski definition) is 2. The van der Waals surface area contributed by atoms with E-state index in [9.17, 15) is 9.59 Å². The van der Waals surface area contributed by atoms with Crippen LogP contribution in [0.25, 0.3) is 10.9 Å². The molecule has 1 aromatic heterocycles. The number of H-pyrrole nitrogens is 1. The second-order valence-corrected chi connectivity index (χ2v) is 4.45. The van der Waals surface area contributed by atoms with Gasteiger partial charge in [0.25, 0.3) is 0 Å². The molecule has 0 bridgehead atoms. The standard InChI is InChI=1S/C14H15NO3/c1-4-9-5-7(2)11-10(6-9)13(16)8(3)12(15-11)14(17)18/h5-6H,4H2,1-3H3,(H,15,16)(H,17,18). The first kappa shape index (κ1) is 12.4. The van der Waals surface area contributed by atoms with Crippen molar-refractivity contribution in [3.8, 4) is 0 Å². The molecule has 4 heteroatoms. The molecule has 2 aromatic rings. The van der Waals surface area contributed by atoms with Crippen molar-refractivity contribution in [2.45, 2.75) is 27.2 Å². The van der Waals surface area contributed by atoms with Gasteiger partial charge in [-0.25, -0.2) is 4.79 Å². The Labute approximate surface area is 104 Å². The number of nitrogens with one attached hydrogen (secondary N) is 1. The zero-order valence-electron chi connectivity index (χ0n) is 10.6. The number of carboxylic acids is 1. The fourth-order valence-electron chi connectivity index (χ4n) is 2.16. The molecule has 1 heterocycles. The monoisotopic (exact) mass is 245 g/mol. The Kier molecular flexibility index (Phi) is 2.95. The van der Waals surface area contributed by atoms with Gasteiger partial charge in [0.1, 0.15) is 5.69 Å². The van der Waals surface area contributed by atoms with Crippen molar-refractivity contribution < 1.29 is 9.90 Å². The van der Waals surface area contributed by atoms with Gasteiger partial charge < -0.3 is 10.1 Å². The summed E-state index contributed by atoms with van der Waals surface area (Å²) in [6.07, 6.45) is 0.843. The van der Waals surface area contributed by atoms with Crippen LogP contribution in [0.1, 0.15) is 34.1 Å². The molecule has 0 saturated carbocycles. The van der Waals surface area contributed by atoms with Crippen LogP contribution in [0.5, 0.6) is 0 Å². The largest absolute Gasteiger partial charge is 0.477 e. The highest BCUT2D eigenvalue weighted by molar-refractivity contribution is 5.92. The van der Waals surface area contributed by atoms with E-state index < -0.39 is 5.97 Å². The van der Waals surface area contributed by atoms with Crippen molar-refractivity contribution in [2.24, 2.45) is 0 Å². The predicted molar refractivity (Wildman–Crippen MR) is 70.4 cm³/mol. The van der Waals surface area contributed by atoms with Gasteiger partial charge >= 0.3 is 5.97 Å². The number of aromatic carboxylic acids is 1. The molecule has 0 unspecified atom stereocenters. The molecule has 0 amide bonds. The second-order valence-electron chi connectivity index (χ2n) is 4.45. The van der Waals surface area contributed by atoms with Crippen molar-refractivity contribution in [2.75, 3.05) is 0 Å². The van der Waals surface area contributed by atoms with E-state index in [-0.39, 0.29) is 16.7 Å². The van der Waals surface area contributed by atoms with Crippen LogP contribution in [0.15, 0.2) is 16.9 Å². The van der Waals surface area contributed by atoms with Gasteiger partial charge in [-0.3, -0.25) is 4.79 Å². The van der Waals surface area contributed by atoms with E-state index in [1.54, 1.807) is 0 Å². The summed E-state index contributed by atoms with van der Waals surface area (Å²) in [6, 6.07) is 3.80. The van der Waals surface area contributed by atoms with Crippen LogP contribution in [0, 0.1) is 13.8 Å². The Balaban J connectivity index is 2.95. The molecule has 2 rings (SSSR count). The molecule has 0 radical (unpaired) electrons. The normalized spacial score (nSPS) is 10.8. The first-order valence-corrected chi connectivity index (χ1v) is 5.85. The van der Waals surface area contributed by atoms with Crippen molar-refractivity contribution in [1.82, 2.24) is 4.98 Å². The molecule has 0 spiro atoms. The van der Waals surface area contributed by atoms with E-state index in [0.717, 1.165) is 17.5 Å². The number of aromatic amines is 1. The number of aromatic nitrogens is 1. The van der Waals surface area contributed by atoms with Gasteiger partial charge in [0.2, 0.25) is 0 Å². The van der Waals surface area contributed by atoms with E-state index in [2.05, 4.69) is 4.98 Å². The molecular formula is C14H15NO3. The zero-order valence-corrected chi connectivity index (χ0v) is 10.6. The first-order chi connectivity index (χ1) is 8.45. The Morgan fingerprint density at radius 1 is 1.33 bits per heavy atom. The van der Waals surface area contributed by atoms with Gasteiger partial charge in [-0.2, -0.15) is 0 Å². The highest BCUT2D eigenvalue weighted by Gasteiger charge is 2.15. The lowest BCUT2D eigenvalue weighted by molar-refractivity contribution is 0.0690. The summed E-state index contributed by atoms with van der Waals surface area (Å²) in [5, 5.41) is 9.64. The van der Waals surface area contributed by atoms with Gasteiger partial charge in [0, 0.05) is 10.9 Å². The minimum absolute atomic E-state index is 0.0279. The first-order valence-electron chi connectivity index (χ1n) is 5.85. The molecule has 2 N–H and O–H groups in total. The third-order valence-corrected chi connectivity index (χ3v) is 3.23. The molecule has 0 atom stereocenters. The minimum atomic E-state index is -1.11. The molecule has 4 nitrogen and oxygen atoms in total. The second kappa shape index (κ2) is 4.29. The van der Waals surface area contributed by atoms with Crippen molar-refractivity contribution in [1.29, 1.82) is 0 Å². The molecule has 1 aromatic carbocycles. The maximum atomic E-state index is 12.2. The molecular weight excluding hydrogens is 230 g/mol. The summed E-state index contributed by atoms with van der Waals surface area (Å²) in [6.45, 7) is 5.43. The highest BCUT2D eigenvalue weighted by atomic mass is 16.4. The number of carbonyl (C=O) groups is 1. The average Bonchev–Trinajstić information content (AvgIpc) is 2.33. The summed E-state index contributed by atoms with van der Waals surface area (Å²) in [5.74, 6) is -1.11. The molecule has 94 valence electrons. The van der Waals surface area contributed by atoms with E-state index in [0.29, 0.717) is 10.9 Å². The Hall–Kier alpha value is -2.10. The summed E-state index contributed by atoms with van der Waals surface area (Å²) >= 11 is 0. The van der Waals surface area contributed by atoms with Crippen molar-refractivity contribution >= 4 is 16.9 Å². The Morgan fingerprint density at radius 2 is 2.00 bits per heavy atom. The van der Waals surface area contributed by atoms with E-state index in [1.165, 1.54) is 6.92 Å². The Morgan fingerprint density at radius 3 is 2.56 bits per heavy atom.